The average molecular weight is 199 g/mol. The summed E-state index contributed by atoms with van der Waals surface area (Å²) in [6.07, 6.45) is 2.17. The summed E-state index contributed by atoms with van der Waals surface area (Å²) in [5.74, 6) is -2.34. The van der Waals surface area contributed by atoms with Crippen molar-refractivity contribution in [2.24, 2.45) is 5.73 Å². The molecular weight excluding hydrogens is 190 g/mol. The molecule has 6 nitrogen and oxygen atoms in total. The van der Waals surface area contributed by atoms with Crippen LogP contribution in [0.4, 0.5) is 0 Å². The first kappa shape index (κ1) is 10.3. The minimum atomic E-state index is -1.18. The molecule has 0 saturated heterocycles. The Balaban J connectivity index is 2.81. The van der Waals surface area contributed by atoms with Crippen molar-refractivity contribution in [3.05, 3.63) is 23.7 Å². The lowest BCUT2D eigenvalue weighted by Gasteiger charge is -2.03. The Morgan fingerprint density at radius 1 is 1.43 bits per heavy atom. The van der Waals surface area contributed by atoms with Crippen LogP contribution in [-0.2, 0) is 11.2 Å². The largest absolute Gasteiger partial charge is 0.480 e. The SMILES string of the molecule is NC(Cc1cocc1C(=O)O)C(=O)O. The van der Waals surface area contributed by atoms with E-state index in [-0.39, 0.29) is 17.5 Å². The van der Waals surface area contributed by atoms with E-state index in [1.54, 1.807) is 0 Å². The van der Waals surface area contributed by atoms with Gasteiger partial charge in [-0.25, -0.2) is 4.79 Å². The van der Waals surface area contributed by atoms with Crippen molar-refractivity contribution in [1.29, 1.82) is 0 Å². The van der Waals surface area contributed by atoms with Crippen LogP contribution in [0, 0.1) is 0 Å². The zero-order chi connectivity index (χ0) is 10.7. The molecule has 0 radical (unpaired) electrons. The van der Waals surface area contributed by atoms with Crippen LogP contribution in [-0.4, -0.2) is 28.2 Å². The molecule has 1 aromatic heterocycles. The van der Waals surface area contributed by atoms with E-state index in [0.29, 0.717) is 0 Å². The van der Waals surface area contributed by atoms with Gasteiger partial charge in [0.25, 0.3) is 0 Å². The molecule has 1 rings (SSSR count). The Morgan fingerprint density at radius 2 is 2.07 bits per heavy atom. The van der Waals surface area contributed by atoms with Crippen molar-refractivity contribution in [2.75, 3.05) is 0 Å². The summed E-state index contributed by atoms with van der Waals surface area (Å²) in [6, 6.07) is -1.12. The maximum absolute atomic E-state index is 10.6. The Labute approximate surface area is 78.9 Å². The molecule has 76 valence electrons. The molecule has 14 heavy (non-hydrogen) atoms. The van der Waals surface area contributed by atoms with Gasteiger partial charge in [-0.2, -0.15) is 0 Å². The molecule has 0 spiro atoms. The first-order valence-electron chi connectivity index (χ1n) is 3.79. The van der Waals surface area contributed by atoms with E-state index in [1.807, 2.05) is 0 Å². The summed E-state index contributed by atoms with van der Waals surface area (Å²) in [4.78, 5) is 21.0. The second kappa shape index (κ2) is 3.93. The molecule has 0 aliphatic heterocycles. The second-order valence-electron chi connectivity index (χ2n) is 2.76. The molecule has 1 unspecified atom stereocenters. The highest BCUT2D eigenvalue weighted by Gasteiger charge is 2.18. The predicted molar refractivity (Wildman–Crippen MR) is 45.0 cm³/mol. The van der Waals surface area contributed by atoms with Crippen LogP contribution in [0.3, 0.4) is 0 Å². The van der Waals surface area contributed by atoms with E-state index < -0.39 is 18.0 Å². The topological polar surface area (TPSA) is 114 Å². The number of aliphatic carboxylic acids is 1. The third kappa shape index (κ3) is 2.11. The fourth-order valence-electron chi connectivity index (χ4n) is 0.993. The highest BCUT2D eigenvalue weighted by Crippen LogP contribution is 2.12. The van der Waals surface area contributed by atoms with E-state index in [4.69, 9.17) is 15.9 Å². The number of carboxylic acids is 2. The van der Waals surface area contributed by atoms with Crippen molar-refractivity contribution in [3.63, 3.8) is 0 Å². The fraction of sp³-hybridized carbons (Fsp3) is 0.250. The lowest BCUT2D eigenvalue weighted by molar-refractivity contribution is -0.138. The predicted octanol–water partition coefficient (Wildman–Crippen LogP) is -0.0678. The van der Waals surface area contributed by atoms with Gasteiger partial charge in [-0.05, 0) is 0 Å². The molecule has 1 heterocycles. The molecular formula is C8H9NO5. The summed E-state index contributed by atoms with van der Waals surface area (Å²) in [5, 5.41) is 17.2. The number of hydrogen-bond donors (Lipinski definition) is 3. The van der Waals surface area contributed by atoms with Crippen LogP contribution in [0.1, 0.15) is 15.9 Å². The minimum Gasteiger partial charge on any atom is -0.480 e. The van der Waals surface area contributed by atoms with Crippen LogP contribution >= 0.6 is 0 Å². The maximum atomic E-state index is 10.6. The van der Waals surface area contributed by atoms with E-state index in [0.717, 1.165) is 6.26 Å². The van der Waals surface area contributed by atoms with Gasteiger partial charge in [-0.15, -0.1) is 0 Å². The molecule has 0 saturated carbocycles. The molecule has 4 N–H and O–H groups in total. The molecule has 0 aromatic carbocycles. The summed E-state index contributed by atoms with van der Waals surface area (Å²) in [7, 11) is 0. The first-order valence-corrected chi connectivity index (χ1v) is 3.79. The molecule has 0 aliphatic rings. The van der Waals surface area contributed by atoms with Crippen LogP contribution in [0.2, 0.25) is 0 Å². The standard InChI is InChI=1S/C8H9NO5/c9-6(8(12)13)1-4-2-14-3-5(4)7(10)11/h2-3,6H,1,9H2,(H,10,11)(H,12,13). The van der Waals surface area contributed by atoms with Gasteiger partial charge in [0.15, 0.2) is 0 Å². The smallest absolute Gasteiger partial charge is 0.339 e. The zero-order valence-corrected chi connectivity index (χ0v) is 7.14. The Kier molecular flexibility index (Phi) is 2.88. The minimum absolute atomic E-state index is 0.0540. The molecule has 0 aliphatic carbocycles. The van der Waals surface area contributed by atoms with Gasteiger partial charge in [-0.1, -0.05) is 0 Å². The van der Waals surface area contributed by atoms with Gasteiger partial charge in [0, 0.05) is 12.0 Å². The van der Waals surface area contributed by atoms with Gasteiger partial charge in [0.05, 0.1) is 6.26 Å². The van der Waals surface area contributed by atoms with E-state index >= 15 is 0 Å². The van der Waals surface area contributed by atoms with Crippen molar-refractivity contribution in [1.82, 2.24) is 0 Å². The highest BCUT2D eigenvalue weighted by molar-refractivity contribution is 5.89. The monoisotopic (exact) mass is 199 g/mol. The third-order valence-electron chi connectivity index (χ3n) is 1.73. The van der Waals surface area contributed by atoms with Crippen LogP contribution in [0.15, 0.2) is 16.9 Å². The molecule has 1 aromatic rings. The van der Waals surface area contributed by atoms with Gasteiger partial charge >= 0.3 is 11.9 Å². The highest BCUT2D eigenvalue weighted by atomic mass is 16.4. The number of aromatic carboxylic acids is 1. The third-order valence-corrected chi connectivity index (χ3v) is 1.73. The van der Waals surface area contributed by atoms with Crippen molar-refractivity contribution >= 4 is 11.9 Å². The Hall–Kier alpha value is -1.82. The van der Waals surface area contributed by atoms with Crippen LogP contribution in [0.5, 0.6) is 0 Å². The number of rotatable bonds is 4. The molecule has 0 fully saturated rings. The molecule has 0 bridgehead atoms. The van der Waals surface area contributed by atoms with Crippen molar-refractivity contribution in [2.45, 2.75) is 12.5 Å². The maximum Gasteiger partial charge on any atom is 0.339 e. The summed E-state index contributed by atoms with van der Waals surface area (Å²) < 4.78 is 4.66. The van der Waals surface area contributed by atoms with Crippen LogP contribution in [0.25, 0.3) is 0 Å². The molecule has 6 heteroatoms. The second-order valence-corrected chi connectivity index (χ2v) is 2.76. The zero-order valence-electron chi connectivity index (χ0n) is 7.14. The first-order chi connectivity index (χ1) is 6.52. The number of hydrogen-bond acceptors (Lipinski definition) is 4. The normalized spacial score (nSPS) is 12.4. The number of carboxylic acid groups (broad SMARTS) is 2. The lowest BCUT2D eigenvalue weighted by Crippen LogP contribution is -2.32. The van der Waals surface area contributed by atoms with Gasteiger partial charge in [0.2, 0.25) is 0 Å². The van der Waals surface area contributed by atoms with Crippen molar-refractivity contribution in [3.8, 4) is 0 Å². The number of carbonyl (C=O) groups is 2. The van der Waals surface area contributed by atoms with Gasteiger partial charge in [0.1, 0.15) is 17.9 Å². The van der Waals surface area contributed by atoms with Crippen molar-refractivity contribution < 1.29 is 24.2 Å². The van der Waals surface area contributed by atoms with E-state index in [9.17, 15) is 9.59 Å². The summed E-state index contributed by atoms with van der Waals surface area (Å²) >= 11 is 0. The summed E-state index contributed by atoms with van der Waals surface area (Å²) in [6.45, 7) is 0. The average Bonchev–Trinajstić information content (AvgIpc) is 2.52. The Morgan fingerprint density at radius 3 is 2.57 bits per heavy atom. The number of nitrogens with two attached hydrogens (primary N) is 1. The summed E-state index contributed by atoms with van der Waals surface area (Å²) in [5.41, 5.74) is 5.47. The van der Waals surface area contributed by atoms with Gasteiger partial charge < -0.3 is 20.4 Å². The van der Waals surface area contributed by atoms with E-state index in [2.05, 4.69) is 4.42 Å². The van der Waals surface area contributed by atoms with Gasteiger partial charge in [-0.3, -0.25) is 4.79 Å². The Bertz CT molecular complexity index is 356. The molecule has 1 atom stereocenters. The van der Waals surface area contributed by atoms with Crippen LogP contribution < -0.4 is 5.73 Å². The fourth-order valence-corrected chi connectivity index (χ4v) is 0.993. The van der Waals surface area contributed by atoms with E-state index in [1.165, 1.54) is 6.26 Å². The molecule has 0 amide bonds. The number of furan rings is 1. The quantitative estimate of drug-likeness (QED) is 0.625. The lowest BCUT2D eigenvalue weighted by atomic mass is 10.1.